The molecule has 4 heteroatoms. The van der Waals surface area contributed by atoms with Gasteiger partial charge in [0.2, 0.25) is 5.91 Å². The standard InChI is InChI=1S/C15H23NO3/c1-12-6-4-7-14(13(12)2)16-15(17)8-5-9-19-11-10-18-3/h4,6-7H,5,8-11H2,1-3H3,(H,16,17). The zero-order chi connectivity index (χ0) is 14.1. The van der Waals surface area contributed by atoms with E-state index in [2.05, 4.69) is 5.32 Å². The third-order valence-electron chi connectivity index (χ3n) is 3.00. The molecule has 0 radical (unpaired) electrons. The molecule has 0 heterocycles. The van der Waals surface area contributed by atoms with Gasteiger partial charge in [-0.05, 0) is 37.5 Å². The van der Waals surface area contributed by atoms with Gasteiger partial charge in [0.1, 0.15) is 0 Å². The minimum Gasteiger partial charge on any atom is -0.382 e. The Hall–Kier alpha value is -1.39. The Morgan fingerprint density at radius 2 is 2.00 bits per heavy atom. The van der Waals surface area contributed by atoms with Crippen molar-refractivity contribution >= 4 is 11.6 Å². The van der Waals surface area contributed by atoms with Crippen LogP contribution in [0.3, 0.4) is 0 Å². The van der Waals surface area contributed by atoms with Crippen LogP contribution < -0.4 is 5.32 Å². The largest absolute Gasteiger partial charge is 0.382 e. The lowest BCUT2D eigenvalue weighted by atomic mass is 10.1. The molecular weight excluding hydrogens is 242 g/mol. The molecule has 0 aliphatic carbocycles. The Kier molecular flexibility index (Phi) is 7.15. The van der Waals surface area contributed by atoms with Crippen molar-refractivity contribution in [2.75, 3.05) is 32.2 Å². The van der Waals surface area contributed by atoms with Gasteiger partial charge in [0.05, 0.1) is 13.2 Å². The summed E-state index contributed by atoms with van der Waals surface area (Å²) in [6, 6.07) is 5.91. The van der Waals surface area contributed by atoms with Crippen LogP contribution in [-0.2, 0) is 14.3 Å². The highest BCUT2D eigenvalue weighted by Gasteiger charge is 2.05. The molecule has 0 unspecified atom stereocenters. The van der Waals surface area contributed by atoms with E-state index in [4.69, 9.17) is 9.47 Å². The number of anilines is 1. The predicted molar refractivity (Wildman–Crippen MR) is 76.5 cm³/mol. The maximum Gasteiger partial charge on any atom is 0.224 e. The predicted octanol–water partition coefficient (Wildman–Crippen LogP) is 2.69. The summed E-state index contributed by atoms with van der Waals surface area (Å²) in [6.45, 7) is 5.81. The molecule has 4 nitrogen and oxygen atoms in total. The molecule has 0 spiro atoms. The summed E-state index contributed by atoms with van der Waals surface area (Å²) >= 11 is 0. The molecule has 0 aromatic heterocycles. The summed E-state index contributed by atoms with van der Waals surface area (Å²) in [7, 11) is 1.64. The van der Waals surface area contributed by atoms with Crippen molar-refractivity contribution in [1.29, 1.82) is 0 Å². The average molecular weight is 265 g/mol. The van der Waals surface area contributed by atoms with Crippen LogP contribution in [0.4, 0.5) is 5.69 Å². The van der Waals surface area contributed by atoms with Crippen LogP contribution in [0.1, 0.15) is 24.0 Å². The number of carbonyl (C=O) groups excluding carboxylic acids is 1. The number of hydrogen-bond acceptors (Lipinski definition) is 3. The van der Waals surface area contributed by atoms with Crippen LogP contribution in [0.15, 0.2) is 18.2 Å². The molecule has 1 N–H and O–H groups in total. The maximum atomic E-state index is 11.8. The Labute approximate surface area is 115 Å². The van der Waals surface area contributed by atoms with Crippen LogP contribution in [0, 0.1) is 13.8 Å². The highest BCUT2D eigenvalue weighted by molar-refractivity contribution is 5.91. The minimum absolute atomic E-state index is 0.0315. The van der Waals surface area contributed by atoms with Crippen LogP contribution in [0.25, 0.3) is 0 Å². The second-order valence-corrected chi connectivity index (χ2v) is 4.50. The van der Waals surface area contributed by atoms with E-state index in [9.17, 15) is 4.79 Å². The van der Waals surface area contributed by atoms with Gasteiger partial charge in [0.15, 0.2) is 0 Å². The number of nitrogens with one attached hydrogen (secondary N) is 1. The monoisotopic (exact) mass is 265 g/mol. The Bertz CT molecular complexity index is 404. The lowest BCUT2D eigenvalue weighted by Crippen LogP contribution is -2.13. The van der Waals surface area contributed by atoms with Crippen LogP contribution in [-0.4, -0.2) is 32.8 Å². The molecule has 0 bridgehead atoms. The molecule has 0 atom stereocenters. The molecule has 106 valence electrons. The van der Waals surface area contributed by atoms with E-state index in [1.807, 2.05) is 32.0 Å². The molecular formula is C15H23NO3. The number of rotatable bonds is 8. The first-order valence-electron chi connectivity index (χ1n) is 6.58. The van der Waals surface area contributed by atoms with Gasteiger partial charge in [-0.3, -0.25) is 4.79 Å². The summed E-state index contributed by atoms with van der Waals surface area (Å²) < 4.78 is 10.2. The van der Waals surface area contributed by atoms with E-state index in [1.54, 1.807) is 7.11 Å². The van der Waals surface area contributed by atoms with Crippen molar-refractivity contribution in [2.45, 2.75) is 26.7 Å². The molecule has 1 aromatic carbocycles. The molecule has 0 saturated heterocycles. The molecule has 0 fully saturated rings. The summed E-state index contributed by atoms with van der Waals surface area (Å²) in [5, 5.41) is 2.93. The van der Waals surface area contributed by atoms with Crippen molar-refractivity contribution in [3.63, 3.8) is 0 Å². The minimum atomic E-state index is 0.0315. The van der Waals surface area contributed by atoms with Crippen LogP contribution >= 0.6 is 0 Å². The van der Waals surface area contributed by atoms with Gasteiger partial charge in [-0.15, -0.1) is 0 Å². The second-order valence-electron chi connectivity index (χ2n) is 4.50. The zero-order valence-electron chi connectivity index (χ0n) is 12.0. The Morgan fingerprint density at radius 1 is 1.21 bits per heavy atom. The molecule has 1 rings (SSSR count). The van der Waals surface area contributed by atoms with Crippen LogP contribution in [0.2, 0.25) is 0 Å². The molecule has 1 aromatic rings. The topological polar surface area (TPSA) is 47.6 Å². The normalized spacial score (nSPS) is 10.5. The summed E-state index contributed by atoms with van der Waals surface area (Å²) in [5.41, 5.74) is 3.19. The van der Waals surface area contributed by atoms with Crippen molar-refractivity contribution in [2.24, 2.45) is 0 Å². The van der Waals surface area contributed by atoms with E-state index in [-0.39, 0.29) is 5.91 Å². The van der Waals surface area contributed by atoms with E-state index < -0.39 is 0 Å². The van der Waals surface area contributed by atoms with Crippen molar-refractivity contribution in [1.82, 2.24) is 0 Å². The van der Waals surface area contributed by atoms with E-state index in [0.29, 0.717) is 26.2 Å². The molecule has 0 saturated carbocycles. The fraction of sp³-hybridized carbons (Fsp3) is 0.533. The number of benzene rings is 1. The summed E-state index contributed by atoms with van der Waals surface area (Å²) in [4.78, 5) is 11.8. The first-order valence-corrected chi connectivity index (χ1v) is 6.58. The lowest BCUT2D eigenvalue weighted by Gasteiger charge is -2.10. The van der Waals surface area contributed by atoms with E-state index in [1.165, 1.54) is 5.56 Å². The van der Waals surface area contributed by atoms with E-state index >= 15 is 0 Å². The fourth-order valence-corrected chi connectivity index (χ4v) is 1.68. The van der Waals surface area contributed by atoms with Crippen LogP contribution in [0.5, 0.6) is 0 Å². The average Bonchev–Trinajstić information content (AvgIpc) is 2.39. The SMILES string of the molecule is COCCOCCCC(=O)Nc1cccc(C)c1C. The summed E-state index contributed by atoms with van der Waals surface area (Å²) in [5.74, 6) is 0.0315. The smallest absolute Gasteiger partial charge is 0.224 e. The van der Waals surface area contributed by atoms with Gasteiger partial charge in [0.25, 0.3) is 0 Å². The number of aryl methyl sites for hydroxylation is 1. The van der Waals surface area contributed by atoms with Gasteiger partial charge in [-0.25, -0.2) is 0 Å². The van der Waals surface area contributed by atoms with E-state index in [0.717, 1.165) is 17.7 Å². The molecule has 19 heavy (non-hydrogen) atoms. The number of methoxy groups -OCH3 is 1. The highest BCUT2D eigenvalue weighted by Crippen LogP contribution is 2.18. The van der Waals surface area contributed by atoms with Gasteiger partial charge in [0, 0.05) is 25.8 Å². The van der Waals surface area contributed by atoms with Crippen molar-refractivity contribution in [3.05, 3.63) is 29.3 Å². The summed E-state index contributed by atoms with van der Waals surface area (Å²) in [6.07, 6.45) is 1.20. The number of carbonyl (C=O) groups is 1. The number of amides is 1. The molecule has 1 amide bonds. The van der Waals surface area contributed by atoms with Crippen molar-refractivity contribution < 1.29 is 14.3 Å². The quantitative estimate of drug-likeness (QED) is 0.735. The zero-order valence-corrected chi connectivity index (χ0v) is 12.0. The number of ether oxygens (including phenoxy) is 2. The highest BCUT2D eigenvalue weighted by atomic mass is 16.5. The van der Waals surface area contributed by atoms with Gasteiger partial charge in [-0.1, -0.05) is 12.1 Å². The van der Waals surface area contributed by atoms with Crippen molar-refractivity contribution in [3.8, 4) is 0 Å². The van der Waals surface area contributed by atoms with Gasteiger partial charge >= 0.3 is 0 Å². The van der Waals surface area contributed by atoms with Gasteiger partial charge in [-0.2, -0.15) is 0 Å². The molecule has 0 aliphatic heterocycles. The third-order valence-corrected chi connectivity index (χ3v) is 3.00. The fourth-order valence-electron chi connectivity index (χ4n) is 1.68. The number of hydrogen-bond donors (Lipinski definition) is 1. The third kappa shape index (κ3) is 5.85. The first-order chi connectivity index (χ1) is 9.15. The first kappa shape index (κ1) is 15.7. The Balaban J connectivity index is 2.26. The lowest BCUT2D eigenvalue weighted by molar-refractivity contribution is -0.116. The van der Waals surface area contributed by atoms with Gasteiger partial charge < -0.3 is 14.8 Å². The Morgan fingerprint density at radius 3 is 2.74 bits per heavy atom. The maximum absolute atomic E-state index is 11.8. The molecule has 0 aliphatic rings. The second kappa shape index (κ2) is 8.67.